The van der Waals surface area contributed by atoms with Crippen molar-refractivity contribution in [2.45, 2.75) is 27.2 Å². The van der Waals surface area contributed by atoms with E-state index >= 15 is 0 Å². The number of benzene rings is 1. The first-order valence-electron chi connectivity index (χ1n) is 9.95. The maximum absolute atomic E-state index is 13.2. The zero-order valence-electron chi connectivity index (χ0n) is 17.1. The van der Waals surface area contributed by atoms with Crippen molar-refractivity contribution in [1.82, 2.24) is 19.9 Å². The average Bonchev–Trinajstić information content (AvgIpc) is 2.79. The van der Waals surface area contributed by atoms with Crippen molar-refractivity contribution in [3.05, 3.63) is 84.1 Å². The third kappa shape index (κ3) is 4.78. The van der Waals surface area contributed by atoms with Gasteiger partial charge in [-0.2, -0.15) is 0 Å². The minimum absolute atomic E-state index is 0. The lowest BCUT2D eigenvalue weighted by Crippen LogP contribution is -2.11. The van der Waals surface area contributed by atoms with E-state index in [9.17, 15) is 4.79 Å². The van der Waals surface area contributed by atoms with E-state index in [1.165, 1.54) is 11.9 Å². The molecule has 0 saturated carbocycles. The maximum atomic E-state index is 13.2. The van der Waals surface area contributed by atoms with E-state index in [1.54, 1.807) is 30.6 Å². The highest BCUT2D eigenvalue weighted by Crippen LogP contribution is 2.25. The molecule has 0 aliphatic rings. The SMILES string of the molecule is C.CCc1cccc(-c2ccc(N)c(C(=O)Cc3cnccc3-c3cc(N)ncn3)n2)c1. The number of hydrogen-bond acceptors (Lipinski definition) is 7. The number of aryl methyl sites for hydroxylation is 1. The molecule has 0 atom stereocenters. The molecule has 3 aromatic heterocycles. The summed E-state index contributed by atoms with van der Waals surface area (Å²) in [4.78, 5) is 30.1. The van der Waals surface area contributed by atoms with Crippen LogP contribution in [0.25, 0.3) is 22.5 Å². The normalized spacial score (nSPS) is 10.4. The summed E-state index contributed by atoms with van der Waals surface area (Å²) in [5, 5.41) is 0. The molecule has 7 nitrogen and oxygen atoms in total. The van der Waals surface area contributed by atoms with Crippen LogP contribution in [0.5, 0.6) is 0 Å². The van der Waals surface area contributed by atoms with Crippen LogP contribution in [0.4, 0.5) is 11.5 Å². The molecule has 0 amide bonds. The van der Waals surface area contributed by atoms with Crippen molar-refractivity contribution in [2.75, 3.05) is 11.5 Å². The van der Waals surface area contributed by atoms with Gasteiger partial charge in [0, 0.05) is 36.0 Å². The predicted octanol–water partition coefficient (Wildman–Crippen LogP) is 4.39. The molecule has 0 aliphatic carbocycles. The predicted molar refractivity (Wildman–Crippen MR) is 128 cm³/mol. The van der Waals surface area contributed by atoms with Crippen LogP contribution in [0.2, 0.25) is 0 Å². The molecule has 0 saturated heterocycles. The number of hydrogen-bond donors (Lipinski definition) is 2. The zero-order chi connectivity index (χ0) is 21.8. The van der Waals surface area contributed by atoms with Crippen LogP contribution in [0.3, 0.4) is 0 Å². The van der Waals surface area contributed by atoms with Gasteiger partial charge in [0.1, 0.15) is 17.8 Å². The lowest BCUT2D eigenvalue weighted by Gasteiger charge is -2.11. The fourth-order valence-electron chi connectivity index (χ4n) is 3.40. The van der Waals surface area contributed by atoms with E-state index in [1.807, 2.05) is 18.2 Å². The summed E-state index contributed by atoms with van der Waals surface area (Å²) in [6.45, 7) is 2.10. The highest BCUT2D eigenvalue weighted by Gasteiger charge is 2.17. The molecule has 0 spiro atoms. The number of pyridine rings is 2. The highest BCUT2D eigenvalue weighted by atomic mass is 16.1. The fraction of sp³-hybridized carbons (Fsp3) is 0.160. The second-order valence-electron chi connectivity index (χ2n) is 7.15. The monoisotopic (exact) mass is 426 g/mol. The van der Waals surface area contributed by atoms with Gasteiger partial charge in [0.05, 0.1) is 17.1 Å². The van der Waals surface area contributed by atoms with Gasteiger partial charge in [-0.25, -0.2) is 15.0 Å². The van der Waals surface area contributed by atoms with Gasteiger partial charge in [0.15, 0.2) is 5.78 Å². The van der Waals surface area contributed by atoms with Gasteiger partial charge in [-0.3, -0.25) is 9.78 Å². The molecule has 4 aromatic rings. The Morgan fingerprint density at radius 3 is 2.62 bits per heavy atom. The van der Waals surface area contributed by atoms with Crippen molar-refractivity contribution >= 4 is 17.3 Å². The molecule has 32 heavy (non-hydrogen) atoms. The van der Waals surface area contributed by atoms with Gasteiger partial charge in [0.2, 0.25) is 0 Å². The van der Waals surface area contributed by atoms with E-state index < -0.39 is 0 Å². The van der Waals surface area contributed by atoms with E-state index in [2.05, 4.69) is 39.0 Å². The van der Waals surface area contributed by atoms with Crippen LogP contribution >= 0.6 is 0 Å². The van der Waals surface area contributed by atoms with Gasteiger partial charge in [-0.05, 0) is 41.8 Å². The van der Waals surface area contributed by atoms with Crippen LogP contribution < -0.4 is 11.5 Å². The summed E-state index contributed by atoms with van der Waals surface area (Å²) < 4.78 is 0. The first-order chi connectivity index (χ1) is 15.0. The number of nitrogens with two attached hydrogens (primary N) is 2. The molecule has 4 N–H and O–H groups in total. The van der Waals surface area contributed by atoms with Crippen LogP contribution in [-0.2, 0) is 12.8 Å². The molecular formula is C25H26N6O. The fourth-order valence-corrected chi connectivity index (χ4v) is 3.40. The molecule has 7 heteroatoms. The molecule has 0 unspecified atom stereocenters. The topological polar surface area (TPSA) is 121 Å². The molecule has 1 aromatic carbocycles. The highest BCUT2D eigenvalue weighted by molar-refractivity contribution is 6.01. The van der Waals surface area contributed by atoms with E-state index in [0.717, 1.165) is 17.5 Å². The van der Waals surface area contributed by atoms with Gasteiger partial charge >= 0.3 is 0 Å². The number of nitrogens with zero attached hydrogens (tertiary/aromatic N) is 4. The van der Waals surface area contributed by atoms with E-state index in [4.69, 9.17) is 11.5 Å². The smallest absolute Gasteiger partial charge is 0.187 e. The number of nitrogen functional groups attached to an aromatic ring is 2. The number of aromatic nitrogens is 4. The maximum Gasteiger partial charge on any atom is 0.187 e. The lowest BCUT2D eigenvalue weighted by molar-refractivity contribution is 0.0989. The summed E-state index contributed by atoms with van der Waals surface area (Å²) in [5.74, 6) is 0.161. The Morgan fingerprint density at radius 2 is 1.84 bits per heavy atom. The van der Waals surface area contributed by atoms with Crippen LogP contribution in [0.1, 0.15) is 36.0 Å². The molecule has 0 bridgehead atoms. The lowest BCUT2D eigenvalue weighted by atomic mass is 9.99. The Hall–Kier alpha value is -4.13. The van der Waals surface area contributed by atoms with Gasteiger partial charge in [0.25, 0.3) is 0 Å². The second kappa shape index (κ2) is 9.78. The quantitative estimate of drug-likeness (QED) is 0.439. The summed E-state index contributed by atoms with van der Waals surface area (Å²) in [5.41, 5.74) is 17.5. The van der Waals surface area contributed by atoms with Crippen molar-refractivity contribution in [1.29, 1.82) is 0 Å². The number of Topliss-reactive ketones (excluding diaryl/α,β-unsaturated/α-hetero) is 1. The van der Waals surface area contributed by atoms with Crippen molar-refractivity contribution in [3.8, 4) is 22.5 Å². The molecular weight excluding hydrogens is 400 g/mol. The van der Waals surface area contributed by atoms with Crippen LogP contribution in [0, 0.1) is 0 Å². The van der Waals surface area contributed by atoms with E-state index in [0.29, 0.717) is 28.5 Å². The number of carbonyl (C=O) groups is 1. The Kier molecular flexibility index (Phi) is 6.90. The molecule has 4 rings (SSSR count). The summed E-state index contributed by atoms with van der Waals surface area (Å²) >= 11 is 0. The number of ketones is 1. The molecule has 0 aliphatic heterocycles. The second-order valence-corrected chi connectivity index (χ2v) is 7.15. The Labute approximate surface area is 187 Å². The number of anilines is 2. The first-order valence-corrected chi connectivity index (χ1v) is 9.95. The Bertz CT molecular complexity index is 1250. The summed E-state index contributed by atoms with van der Waals surface area (Å²) in [6, 6.07) is 15.1. The minimum Gasteiger partial charge on any atom is -0.397 e. The third-order valence-electron chi connectivity index (χ3n) is 5.04. The van der Waals surface area contributed by atoms with Gasteiger partial charge in [-0.1, -0.05) is 32.5 Å². The van der Waals surface area contributed by atoms with Crippen LogP contribution in [0.15, 0.2) is 67.3 Å². The van der Waals surface area contributed by atoms with Crippen LogP contribution in [-0.4, -0.2) is 25.7 Å². The third-order valence-corrected chi connectivity index (χ3v) is 5.04. The minimum atomic E-state index is -0.192. The first kappa shape index (κ1) is 22.6. The Morgan fingerprint density at radius 1 is 1.00 bits per heavy atom. The largest absolute Gasteiger partial charge is 0.397 e. The summed E-state index contributed by atoms with van der Waals surface area (Å²) in [7, 11) is 0. The molecule has 0 radical (unpaired) electrons. The molecule has 3 heterocycles. The zero-order valence-corrected chi connectivity index (χ0v) is 17.1. The summed E-state index contributed by atoms with van der Waals surface area (Å²) in [6.07, 6.45) is 5.70. The number of carbonyl (C=O) groups excluding carboxylic acids is 1. The van der Waals surface area contributed by atoms with Crippen molar-refractivity contribution in [3.63, 3.8) is 0 Å². The van der Waals surface area contributed by atoms with E-state index in [-0.39, 0.29) is 25.3 Å². The molecule has 162 valence electrons. The van der Waals surface area contributed by atoms with Crippen molar-refractivity contribution in [2.24, 2.45) is 0 Å². The van der Waals surface area contributed by atoms with Gasteiger partial charge in [-0.15, -0.1) is 0 Å². The van der Waals surface area contributed by atoms with Gasteiger partial charge < -0.3 is 11.5 Å². The standard InChI is InChI=1S/C24H22N6O.CH4/c1-2-15-4-3-5-16(10-15)20-7-6-19(25)24(30-20)22(31)11-17-13-27-9-8-18(17)21-12-23(26)29-14-28-21;/h3-10,12-14H,2,11,25H2,1H3,(H2,26,28,29);1H4. The van der Waals surface area contributed by atoms with Crippen molar-refractivity contribution < 1.29 is 4.79 Å². The number of rotatable bonds is 6. The average molecular weight is 427 g/mol. The molecule has 0 fully saturated rings. The Balaban J connectivity index is 0.00000289.